The summed E-state index contributed by atoms with van der Waals surface area (Å²) in [5, 5.41) is 9.61. The molecule has 4 rings (SSSR count). The lowest BCUT2D eigenvalue weighted by Crippen LogP contribution is -2.50. The first-order valence-corrected chi connectivity index (χ1v) is 9.46. The third-order valence-corrected chi connectivity index (χ3v) is 6.16. The van der Waals surface area contributed by atoms with E-state index in [1.54, 1.807) is 7.05 Å². The predicted octanol–water partition coefficient (Wildman–Crippen LogP) is -0.322. The van der Waals surface area contributed by atoms with Gasteiger partial charge < -0.3 is 14.6 Å². The summed E-state index contributed by atoms with van der Waals surface area (Å²) in [4.78, 5) is 55.8. The smallest absolute Gasteiger partial charge is 0.332 e. The van der Waals surface area contributed by atoms with Gasteiger partial charge in [-0.1, -0.05) is 12.8 Å². The number of nitrogens with zero attached hydrogens (tertiary/aromatic N) is 5. The van der Waals surface area contributed by atoms with Gasteiger partial charge in [-0.2, -0.15) is 0 Å². The summed E-state index contributed by atoms with van der Waals surface area (Å²) in [6, 6.07) is -1.04. The SMILES string of the molecule is Cn1cnc2c1c(=O)n(CC(=O)N1[C@H](C(=O)O)C[C@@H]3CCCC[C@@H]31)c(=O)n2C. The predicted molar refractivity (Wildman–Crippen MR) is 98.8 cm³/mol. The molecule has 2 aliphatic rings. The zero-order valence-corrected chi connectivity index (χ0v) is 15.9. The van der Waals surface area contributed by atoms with Crippen LogP contribution in [0.2, 0.25) is 0 Å². The van der Waals surface area contributed by atoms with E-state index >= 15 is 0 Å². The van der Waals surface area contributed by atoms with Crippen molar-refractivity contribution in [1.82, 2.24) is 23.6 Å². The fourth-order valence-corrected chi connectivity index (χ4v) is 4.79. The van der Waals surface area contributed by atoms with E-state index in [-0.39, 0.29) is 23.1 Å². The fourth-order valence-electron chi connectivity index (χ4n) is 4.79. The molecule has 28 heavy (non-hydrogen) atoms. The van der Waals surface area contributed by atoms with Gasteiger partial charge in [0.1, 0.15) is 12.6 Å². The molecule has 10 heteroatoms. The van der Waals surface area contributed by atoms with Crippen LogP contribution in [0, 0.1) is 5.92 Å². The Bertz CT molecular complexity index is 1080. The minimum Gasteiger partial charge on any atom is -0.480 e. The van der Waals surface area contributed by atoms with Crippen LogP contribution in [0.3, 0.4) is 0 Å². The van der Waals surface area contributed by atoms with Gasteiger partial charge in [-0.3, -0.25) is 14.2 Å². The van der Waals surface area contributed by atoms with Crippen molar-refractivity contribution in [2.45, 2.75) is 50.7 Å². The Morgan fingerprint density at radius 3 is 2.64 bits per heavy atom. The molecule has 2 aromatic rings. The van der Waals surface area contributed by atoms with Crippen LogP contribution < -0.4 is 11.2 Å². The number of aliphatic carboxylic acids is 1. The van der Waals surface area contributed by atoms with Crippen LogP contribution >= 0.6 is 0 Å². The van der Waals surface area contributed by atoms with Crippen molar-refractivity contribution in [3.63, 3.8) is 0 Å². The van der Waals surface area contributed by atoms with Crippen molar-refractivity contribution in [2.24, 2.45) is 20.0 Å². The molecule has 2 fully saturated rings. The molecule has 1 aliphatic carbocycles. The maximum Gasteiger partial charge on any atom is 0.332 e. The molecule has 0 aromatic carbocycles. The van der Waals surface area contributed by atoms with Crippen molar-refractivity contribution in [2.75, 3.05) is 0 Å². The van der Waals surface area contributed by atoms with E-state index in [1.165, 1.54) is 27.4 Å². The first kappa shape index (κ1) is 18.5. The molecule has 1 amide bonds. The lowest BCUT2D eigenvalue weighted by molar-refractivity contribution is -0.150. The topological polar surface area (TPSA) is 119 Å². The first-order chi connectivity index (χ1) is 13.3. The molecule has 0 bridgehead atoms. The number of aryl methyl sites for hydroxylation is 2. The van der Waals surface area contributed by atoms with Gasteiger partial charge in [-0.15, -0.1) is 0 Å². The van der Waals surface area contributed by atoms with Crippen LogP contribution in [0.1, 0.15) is 32.1 Å². The number of likely N-dealkylation sites (tertiary alicyclic amines) is 1. The molecule has 0 unspecified atom stereocenters. The summed E-state index contributed by atoms with van der Waals surface area (Å²) < 4.78 is 3.61. The number of carboxylic acids is 1. The quantitative estimate of drug-likeness (QED) is 0.768. The average molecular weight is 389 g/mol. The third-order valence-electron chi connectivity index (χ3n) is 6.16. The molecule has 10 nitrogen and oxygen atoms in total. The van der Waals surface area contributed by atoms with E-state index in [0.29, 0.717) is 6.42 Å². The zero-order chi connectivity index (χ0) is 20.2. The van der Waals surface area contributed by atoms with Gasteiger partial charge >= 0.3 is 11.7 Å². The Labute approximate surface area is 160 Å². The second kappa shape index (κ2) is 6.61. The fraction of sp³-hybridized carbons (Fsp3) is 0.611. The minimum absolute atomic E-state index is 0.137. The van der Waals surface area contributed by atoms with Crippen LogP contribution in [0.15, 0.2) is 15.9 Å². The number of fused-ring (bicyclic) bond motifs is 2. The van der Waals surface area contributed by atoms with Gasteiger partial charge in [0, 0.05) is 20.1 Å². The Kier molecular flexibility index (Phi) is 4.35. The number of carbonyl (C=O) groups excluding carboxylic acids is 1. The van der Waals surface area contributed by atoms with Crippen molar-refractivity contribution >= 4 is 23.0 Å². The molecule has 1 saturated carbocycles. The largest absolute Gasteiger partial charge is 0.480 e. The van der Waals surface area contributed by atoms with Crippen molar-refractivity contribution in [3.8, 4) is 0 Å². The highest BCUT2D eigenvalue weighted by molar-refractivity contribution is 5.85. The van der Waals surface area contributed by atoms with E-state index in [4.69, 9.17) is 0 Å². The van der Waals surface area contributed by atoms with Crippen LogP contribution in [0.25, 0.3) is 11.2 Å². The zero-order valence-electron chi connectivity index (χ0n) is 15.9. The number of carbonyl (C=O) groups is 2. The van der Waals surface area contributed by atoms with E-state index < -0.39 is 35.7 Å². The van der Waals surface area contributed by atoms with Crippen LogP contribution in [-0.4, -0.2) is 52.7 Å². The van der Waals surface area contributed by atoms with Gasteiger partial charge in [0.05, 0.1) is 6.33 Å². The van der Waals surface area contributed by atoms with E-state index in [1.807, 2.05) is 0 Å². The molecule has 3 atom stereocenters. The molecule has 150 valence electrons. The maximum atomic E-state index is 13.1. The maximum absolute atomic E-state index is 13.1. The summed E-state index contributed by atoms with van der Waals surface area (Å²) in [7, 11) is 3.13. The molecule has 2 aromatic heterocycles. The van der Waals surface area contributed by atoms with Gasteiger partial charge in [-0.25, -0.2) is 19.1 Å². The number of rotatable bonds is 3. The van der Waals surface area contributed by atoms with Crippen LogP contribution in [0.4, 0.5) is 0 Å². The lowest BCUT2D eigenvalue weighted by atomic mass is 9.85. The number of aromatic nitrogens is 4. The summed E-state index contributed by atoms with van der Waals surface area (Å²) in [5.74, 6) is -1.37. The standard InChI is InChI=1S/C18H23N5O5/c1-20-9-19-15-14(20)16(25)22(18(28)21(15)2)8-13(24)23-11-6-4-3-5-10(11)7-12(23)17(26)27/h9-12H,3-8H2,1-2H3,(H,26,27)/t10-,11-,12-/m0/s1. The molecule has 3 heterocycles. The molecule has 1 N–H and O–H groups in total. The summed E-state index contributed by atoms with van der Waals surface area (Å²) in [6.45, 7) is -0.473. The number of imidazole rings is 1. The lowest BCUT2D eigenvalue weighted by Gasteiger charge is -2.33. The summed E-state index contributed by atoms with van der Waals surface area (Å²) in [6.07, 6.45) is 5.51. The molecule has 0 radical (unpaired) electrons. The highest BCUT2D eigenvalue weighted by atomic mass is 16.4. The molecule has 0 spiro atoms. The average Bonchev–Trinajstić information content (AvgIpc) is 3.24. The van der Waals surface area contributed by atoms with E-state index in [9.17, 15) is 24.3 Å². The number of hydrogen-bond acceptors (Lipinski definition) is 5. The van der Waals surface area contributed by atoms with Gasteiger partial charge in [-0.05, 0) is 25.2 Å². The van der Waals surface area contributed by atoms with Gasteiger partial charge in [0.15, 0.2) is 11.2 Å². The van der Waals surface area contributed by atoms with Crippen LogP contribution in [0.5, 0.6) is 0 Å². The van der Waals surface area contributed by atoms with E-state index in [2.05, 4.69) is 4.98 Å². The number of amides is 1. The first-order valence-electron chi connectivity index (χ1n) is 9.46. The molecular weight excluding hydrogens is 366 g/mol. The normalized spacial score (nSPS) is 24.5. The Morgan fingerprint density at radius 2 is 1.93 bits per heavy atom. The second-order valence-electron chi connectivity index (χ2n) is 7.76. The Hall–Kier alpha value is -2.91. The Balaban J connectivity index is 1.74. The Morgan fingerprint density at radius 1 is 1.21 bits per heavy atom. The summed E-state index contributed by atoms with van der Waals surface area (Å²) >= 11 is 0. The third kappa shape index (κ3) is 2.66. The van der Waals surface area contributed by atoms with Gasteiger partial charge in [0.25, 0.3) is 5.56 Å². The van der Waals surface area contributed by atoms with Crippen molar-refractivity contribution in [3.05, 3.63) is 27.2 Å². The molecule has 1 aliphatic heterocycles. The highest BCUT2D eigenvalue weighted by Crippen LogP contribution is 2.39. The van der Waals surface area contributed by atoms with Gasteiger partial charge in [0.2, 0.25) is 5.91 Å². The molecule has 1 saturated heterocycles. The number of hydrogen-bond donors (Lipinski definition) is 1. The highest BCUT2D eigenvalue weighted by Gasteiger charge is 2.47. The summed E-state index contributed by atoms with van der Waals surface area (Å²) in [5.41, 5.74) is -0.770. The van der Waals surface area contributed by atoms with Crippen molar-refractivity contribution < 1.29 is 14.7 Å². The van der Waals surface area contributed by atoms with Crippen LogP contribution in [-0.2, 0) is 30.2 Å². The molecular formula is C18H23N5O5. The monoisotopic (exact) mass is 389 g/mol. The van der Waals surface area contributed by atoms with E-state index in [0.717, 1.165) is 30.3 Å². The van der Waals surface area contributed by atoms with Crippen molar-refractivity contribution in [1.29, 1.82) is 0 Å². The number of carboxylic acid groups (broad SMARTS) is 1. The minimum atomic E-state index is -1.04. The second-order valence-corrected chi connectivity index (χ2v) is 7.76.